The average Bonchev–Trinajstić information content (AvgIpc) is 2.34. The van der Waals surface area contributed by atoms with Crippen LogP contribution in [0.5, 0.6) is 0 Å². The second-order valence-corrected chi connectivity index (χ2v) is 3.72. The first-order valence-corrected chi connectivity index (χ1v) is 4.99. The summed E-state index contributed by atoms with van der Waals surface area (Å²) in [7, 11) is 0. The van der Waals surface area contributed by atoms with Crippen molar-refractivity contribution in [2.24, 2.45) is 0 Å². The van der Waals surface area contributed by atoms with Crippen LogP contribution in [-0.4, -0.2) is 84.6 Å². The Morgan fingerprint density at radius 3 is 1.67 bits per heavy atom. The van der Waals surface area contributed by atoms with Gasteiger partial charge in [0, 0.05) is 6.42 Å². The third kappa shape index (κ3) is 4.64. The van der Waals surface area contributed by atoms with E-state index in [1.165, 1.54) is 0 Å². The molecule has 0 bridgehead atoms. The number of aliphatic hydroxyl groups is 6. The predicted molar refractivity (Wildman–Crippen MR) is 54.4 cm³/mol. The standard InChI is InChI=1S/C9H16O9/c10-2-5(13)7(15)8(16)6(14)3(11)1-4(12)9(17)18/h3,5-8,10-11,13-16H,1-2H2,(H,17,18)/t3-,5-,6-,7-,8+/m0/s1. The molecule has 9 heteroatoms. The van der Waals surface area contributed by atoms with E-state index in [0.717, 1.165) is 0 Å². The van der Waals surface area contributed by atoms with Gasteiger partial charge in [0.25, 0.3) is 0 Å². The van der Waals surface area contributed by atoms with Crippen molar-refractivity contribution >= 4 is 11.8 Å². The van der Waals surface area contributed by atoms with Crippen molar-refractivity contribution in [2.75, 3.05) is 6.61 Å². The largest absolute Gasteiger partial charge is 0.475 e. The summed E-state index contributed by atoms with van der Waals surface area (Å²) in [4.78, 5) is 20.9. The lowest BCUT2D eigenvalue weighted by atomic mass is 9.97. The molecule has 7 N–H and O–H groups in total. The molecule has 106 valence electrons. The number of hydrogen-bond donors (Lipinski definition) is 7. The van der Waals surface area contributed by atoms with Gasteiger partial charge in [-0.1, -0.05) is 0 Å². The van der Waals surface area contributed by atoms with Gasteiger partial charge >= 0.3 is 5.97 Å². The Hall–Kier alpha value is -1.10. The Labute approximate surface area is 102 Å². The molecular formula is C9H16O9. The topological polar surface area (TPSA) is 176 Å². The van der Waals surface area contributed by atoms with E-state index in [9.17, 15) is 30.0 Å². The lowest BCUT2D eigenvalue weighted by molar-refractivity contribution is -0.155. The fraction of sp³-hybridized carbons (Fsp3) is 0.778. The summed E-state index contributed by atoms with van der Waals surface area (Å²) < 4.78 is 0. The van der Waals surface area contributed by atoms with Gasteiger partial charge in [-0.25, -0.2) is 4.79 Å². The molecule has 0 aromatic rings. The summed E-state index contributed by atoms with van der Waals surface area (Å²) in [6.45, 7) is -0.894. The second kappa shape index (κ2) is 7.36. The van der Waals surface area contributed by atoms with Crippen molar-refractivity contribution in [3.05, 3.63) is 0 Å². The third-order valence-electron chi connectivity index (χ3n) is 2.31. The molecule has 9 nitrogen and oxygen atoms in total. The Bertz CT molecular complexity index is 292. The number of carbonyl (C=O) groups is 2. The van der Waals surface area contributed by atoms with Crippen LogP contribution in [-0.2, 0) is 9.59 Å². The van der Waals surface area contributed by atoms with Crippen LogP contribution in [0.2, 0.25) is 0 Å². The van der Waals surface area contributed by atoms with Gasteiger partial charge in [0.2, 0.25) is 5.78 Å². The lowest BCUT2D eigenvalue weighted by Crippen LogP contribution is -2.50. The van der Waals surface area contributed by atoms with E-state index in [2.05, 4.69) is 0 Å². The van der Waals surface area contributed by atoms with E-state index in [4.69, 9.17) is 15.3 Å². The number of aliphatic hydroxyl groups excluding tert-OH is 6. The van der Waals surface area contributed by atoms with Crippen LogP contribution >= 0.6 is 0 Å². The lowest BCUT2D eigenvalue weighted by Gasteiger charge is -2.28. The van der Waals surface area contributed by atoms with E-state index in [1.807, 2.05) is 0 Å². The van der Waals surface area contributed by atoms with E-state index in [1.54, 1.807) is 0 Å². The van der Waals surface area contributed by atoms with Gasteiger partial charge in [0.15, 0.2) is 0 Å². The Morgan fingerprint density at radius 1 is 0.833 bits per heavy atom. The van der Waals surface area contributed by atoms with Gasteiger partial charge in [-0.3, -0.25) is 4.79 Å². The molecule has 0 aromatic carbocycles. The van der Waals surface area contributed by atoms with Crippen molar-refractivity contribution < 1.29 is 45.3 Å². The molecular weight excluding hydrogens is 252 g/mol. The number of ketones is 1. The summed E-state index contributed by atoms with van der Waals surface area (Å²) in [5.74, 6) is -3.20. The van der Waals surface area contributed by atoms with Crippen LogP contribution in [0.1, 0.15) is 6.42 Å². The highest BCUT2D eigenvalue weighted by Gasteiger charge is 2.35. The summed E-state index contributed by atoms with van der Waals surface area (Å²) >= 11 is 0. The van der Waals surface area contributed by atoms with Gasteiger partial charge in [0.05, 0.1) is 12.7 Å². The number of Topliss-reactive ketones (excluding diaryl/α,β-unsaturated/α-hetero) is 1. The summed E-state index contributed by atoms with van der Waals surface area (Å²) in [5.41, 5.74) is 0. The third-order valence-corrected chi connectivity index (χ3v) is 2.31. The van der Waals surface area contributed by atoms with Crippen LogP contribution in [0.3, 0.4) is 0 Å². The van der Waals surface area contributed by atoms with Gasteiger partial charge in [0.1, 0.15) is 24.4 Å². The van der Waals surface area contributed by atoms with Crippen molar-refractivity contribution in [2.45, 2.75) is 36.9 Å². The minimum atomic E-state index is -2.05. The summed E-state index contributed by atoms with van der Waals surface area (Å²) in [6.07, 6.45) is -10.7. The number of rotatable bonds is 8. The molecule has 0 saturated heterocycles. The SMILES string of the molecule is O=C(O)C(=O)C[C@H](O)[C@H](O)[C@@H](O)[C@@H](O)[C@@H](O)CO. The van der Waals surface area contributed by atoms with Gasteiger partial charge in [-0.2, -0.15) is 0 Å². The van der Waals surface area contributed by atoms with Gasteiger partial charge in [-0.05, 0) is 0 Å². The molecule has 0 fully saturated rings. The highest BCUT2D eigenvalue weighted by Crippen LogP contribution is 2.11. The number of carboxylic acid groups (broad SMARTS) is 1. The fourth-order valence-corrected chi connectivity index (χ4v) is 1.16. The highest BCUT2D eigenvalue weighted by molar-refractivity contribution is 6.32. The van der Waals surface area contributed by atoms with Crippen molar-refractivity contribution in [1.29, 1.82) is 0 Å². The maximum Gasteiger partial charge on any atom is 0.372 e. The maximum atomic E-state index is 10.7. The predicted octanol–water partition coefficient (Wildman–Crippen LogP) is -4.17. The highest BCUT2D eigenvalue weighted by atomic mass is 16.4. The fourth-order valence-electron chi connectivity index (χ4n) is 1.16. The second-order valence-electron chi connectivity index (χ2n) is 3.72. The van der Waals surface area contributed by atoms with Crippen molar-refractivity contribution in [3.63, 3.8) is 0 Å². The minimum absolute atomic E-state index is 0.894. The number of aliphatic carboxylic acids is 1. The van der Waals surface area contributed by atoms with E-state index >= 15 is 0 Å². The molecule has 0 rings (SSSR count). The minimum Gasteiger partial charge on any atom is -0.475 e. The molecule has 0 heterocycles. The molecule has 0 aliphatic rings. The van der Waals surface area contributed by atoms with Gasteiger partial charge < -0.3 is 35.7 Å². The normalized spacial score (nSPS) is 19.7. The molecule has 0 aromatic heterocycles. The van der Waals surface area contributed by atoms with Crippen molar-refractivity contribution in [1.82, 2.24) is 0 Å². The number of carbonyl (C=O) groups excluding carboxylic acids is 1. The average molecular weight is 268 g/mol. The molecule has 18 heavy (non-hydrogen) atoms. The maximum absolute atomic E-state index is 10.7. The smallest absolute Gasteiger partial charge is 0.372 e. The zero-order valence-corrected chi connectivity index (χ0v) is 9.25. The molecule has 0 amide bonds. The molecule has 0 radical (unpaired) electrons. The molecule has 0 spiro atoms. The molecule has 0 unspecified atom stereocenters. The first-order valence-electron chi connectivity index (χ1n) is 4.99. The van der Waals surface area contributed by atoms with Crippen LogP contribution in [0.4, 0.5) is 0 Å². The van der Waals surface area contributed by atoms with Gasteiger partial charge in [-0.15, -0.1) is 0 Å². The molecule has 5 atom stereocenters. The number of carboxylic acids is 1. The zero-order valence-electron chi connectivity index (χ0n) is 9.25. The first-order chi connectivity index (χ1) is 8.22. The van der Waals surface area contributed by atoms with Crippen LogP contribution < -0.4 is 0 Å². The molecule has 0 aliphatic heterocycles. The summed E-state index contributed by atoms with van der Waals surface area (Å²) in [6, 6.07) is 0. The van der Waals surface area contributed by atoms with Crippen molar-refractivity contribution in [3.8, 4) is 0 Å². The van der Waals surface area contributed by atoms with E-state index in [-0.39, 0.29) is 0 Å². The molecule has 0 saturated carbocycles. The Kier molecular flexibility index (Phi) is 6.91. The van der Waals surface area contributed by atoms with Crippen LogP contribution in [0.25, 0.3) is 0 Å². The van der Waals surface area contributed by atoms with Crippen LogP contribution in [0, 0.1) is 0 Å². The van der Waals surface area contributed by atoms with Crippen LogP contribution in [0.15, 0.2) is 0 Å². The monoisotopic (exact) mass is 268 g/mol. The quantitative estimate of drug-likeness (QED) is 0.215. The van der Waals surface area contributed by atoms with E-state index < -0.39 is 55.3 Å². The Balaban J connectivity index is 4.49. The molecule has 0 aliphatic carbocycles. The van der Waals surface area contributed by atoms with E-state index in [0.29, 0.717) is 0 Å². The first kappa shape index (κ1) is 16.9. The number of hydrogen-bond acceptors (Lipinski definition) is 8. The summed E-state index contributed by atoms with van der Waals surface area (Å²) in [5, 5.41) is 62.9. The zero-order chi connectivity index (χ0) is 14.5. The Morgan fingerprint density at radius 2 is 1.28 bits per heavy atom.